The molecule has 0 atom stereocenters. The summed E-state index contributed by atoms with van der Waals surface area (Å²) in [6, 6.07) is 19.2. The molecule has 0 aromatic heterocycles. The first-order chi connectivity index (χ1) is 15.6. The van der Waals surface area contributed by atoms with Gasteiger partial charge >= 0.3 is 5.97 Å². The predicted molar refractivity (Wildman–Crippen MR) is 127 cm³/mol. The Bertz CT molecular complexity index is 1370. The van der Waals surface area contributed by atoms with Crippen LogP contribution < -0.4 is 5.32 Å². The molecular weight excluding hydrogens is 438 g/mol. The number of fused-ring (bicyclic) bond motifs is 1. The third-order valence-corrected chi connectivity index (χ3v) is 7.67. The van der Waals surface area contributed by atoms with Crippen LogP contribution in [0.25, 0.3) is 4.91 Å². The first kappa shape index (κ1) is 22.5. The number of carboxylic acids is 1. The first-order valence-electron chi connectivity index (χ1n) is 10.4. The molecule has 0 saturated carbocycles. The van der Waals surface area contributed by atoms with E-state index in [0.717, 1.165) is 5.56 Å². The molecule has 33 heavy (non-hydrogen) atoms. The van der Waals surface area contributed by atoms with E-state index in [-0.39, 0.29) is 20.8 Å². The summed E-state index contributed by atoms with van der Waals surface area (Å²) in [5.74, 6) is -1.47. The lowest BCUT2D eigenvalue weighted by Gasteiger charge is -2.32. The highest BCUT2D eigenvalue weighted by molar-refractivity contribution is 8.00. The number of carboxylic acid groups (broad SMARTS) is 1. The zero-order valence-electron chi connectivity index (χ0n) is 18.2. The number of aromatic carboxylic acids is 1. The highest BCUT2D eigenvalue weighted by Gasteiger charge is 2.34. The molecule has 1 aliphatic rings. The van der Waals surface area contributed by atoms with Gasteiger partial charge in [0.05, 0.1) is 15.4 Å². The average Bonchev–Trinajstić information content (AvgIpc) is 2.79. The monoisotopic (exact) mass is 461 g/mol. The van der Waals surface area contributed by atoms with E-state index in [4.69, 9.17) is 5.11 Å². The number of anilines is 1. The Morgan fingerprint density at radius 1 is 0.909 bits per heavy atom. The number of hydrogen-bond donors (Lipinski definition) is 2. The van der Waals surface area contributed by atoms with Gasteiger partial charge in [-0.1, -0.05) is 44.2 Å². The number of allylic oxidation sites excluding steroid dienone is 1. The normalized spacial score (nSPS) is 14.7. The molecule has 0 saturated heterocycles. The number of benzene rings is 3. The van der Waals surface area contributed by atoms with Crippen molar-refractivity contribution in [3.63, 3.8) is 0 Å². The van der Waals surface area contributed by atoms with E-state index in [9.17, 15) is 18.0 Å². The number of hydrogen-bond acceptors (Lipinski definition) is 4. The van der Waals surface area contributed by atoms with Crippen molar-refractivity contribution in [1.82, 2.24) is 0 Å². The summed E-state index contributed by atoms with van der Waals surface area (Å²) >= 11 is 0. The lowest BCUT2D eigenvalue weighted by Crippen LogP contribution is -2.24. The number of carbonyl (C=O) groups excluding carboxylic acids is 1. The van der Waals surface area contributed by atoms with Crippen LogP contribution in [0.4, 0.5) is 5.69 Å². The molecule has 0 fully saturated rings. The molecule has 3 aromatic carbocycles. The van der Waals surface area contributed by atoms with E-state index < -0.39 is 21.7 Å². The lowest BCUT2D eigenvalue weighted by molar-refractivity contribution is 0.0696. The Morgan fingerprint density at radius 2 is 1.55 bits per heavy atom. The van der Waals surface area contributed by atoms with Gasteiger partial charge in [-0.2, -0.15) is 0 Å². The minimum absolute atomic E-state index is 0.116. The third-order valence-electron chi connectivity index (χ3n) is 5.81. The molecule has 0 unspecified atom stereocenters. The van der Waals surface area contributed by atoms with E-state index in [1.807, 2.05) is 19.9 Å². The van der Waals surface area contributed by atoms with E-state index >= 15 is 0 Å². The van der Waals surface area contributed by atoms with Gasteiger partial charge in [-0.15, -0.1) is 0 Å². The SMILES string of the molecule is CC1(C)CC=C(S(=O)(=O)c2ccccc2)c2cc(C(=O)Nc3ccc(C(=O)O)cc3)ccc21. The van der Waals surface area contributed by atoms with Crippen molar-refractivity contribution >= 4 is 32.3 Å². The van der Waals surface area contributed by atoms with Crippen LogP contribution in [-0.4, -0.2) is 25.4 Å². The fourth-order valence-electron chi connectivity index (χ4n) is 3.93. The Hall–Kier alpha value is -3.71. The van der Waals surface area contributed by atoms with Crippen LogP contribution in [0, 0.1) is 0 Å². The molecule has 4 rings (SSSR count). The van der Waals surface area contributed by atoms with Crippen molar-refractivity contribution in [2.24, 2.45) is 0 Å². The van der Waals surface area contributed by atoms with Crippen LogP contribution in [0.5, 0.6) is 0 Å². The smallest absolute Gasteiger partial charge is 0.335 e. The summed E-state index contributed by atoms with van der Waals surface area (Å²) in [5.41, 5.74) is 1.96. The Labute approximate surface area is 192 Å². The summed E-state index contributed by atoms with van der Waals surface area (Å²) in [6.07, 6.45) is 2.29. The van der Waals surface area contributed by atoms with Gasteiger partial charge in [0.25, 0.3) is 5.91 Å². The van der Waals surface area contributed by atoms with E-state index in [0.29, 0.717) is 23.2 Å². The molecule has 1 amide bonds. The van der Waals surface area contributed by atoms with Gasteiger partial charge in [-0.25, -0.2) is 13.2 Å². The van der Waals surface area contributed by atoms with Crippen molar-refractivity contribution in [2.75, 3.05) is 5.32 Å². The summed E-state index contributed by atoms with van der Waals surface area (Å²) in [6.45, 7) is 4.08. The highest BCUT2D eigenvalue weighted by atomic mass is 32.2. The lowest BCUT2D eigenvalue weighted by atomic mass is 9.75. The second kappa shape index (κ2) is 8.33. The molecule has 3 aromatic rings. The average molecular weight is 462 g/mol. The first-order valence-corrected chi connectivity index (χ1v) is 11.9. The zero-order valence-corrected chi connectivity index (χ0v) is 19.0. The van der Waals surface area contributed by atoms with Crippen LogP contribution >= 0.6 is 0 Å². The maximum atomic E-state index is 13.4. The van der Waals surface area contributed by atoms with Crippen molar-refractivity contribution in [2.45, 2.75) is 30.6 Å². The Kier molecular flexibility index (Phi) is 5.68. The number of carbonyl (C=O) groups is 2. The standard InChI is InChI=1S/C26H23NO5S/c1-26(2)15-14-23(33(31,32)20-6-4-3-5-7-20)21-16-18(10-13-22(21)26)24(28)27-19-11-8-17(9-12-19)25(29)30/h3-14,16H,15H2,1-2H3,(H,27,28)(H,29,30). The summed E-state index contributed by atoms with van der Waals surface area (Å²) in [7, 11) is -3.77. The van der Waals surface area contributed by atoms with Crippen molar-refractivity contribution in [1.29, 1.82) is 0 Å². The third kappa shape index (κ3) is 4.32. The summed E-state index contributed by atoms with van der Waals surface area (Å²) in [4.78, 5) is 24.3. The van der Waals surface area contributed by atoms with Gasteiger partial charge in [-0.3, -0.25) is 4.79 Å². The number of rotatable bonds is 5. The molecule has 0 bridgehead atoms. The van der Waals surface area contributed by atoms with Gasteiger partial charge in [0.1, 0.15) is 0 Å². The predicted octanol–water partition coefficient (Wildman–Crippen LogP) is 5.13. The largest absolute Gasteiger partial charge is 0.478 e. The van der Waals surface area contributed by atoms with E-state index in [2.05, 4.69) is 5.32 Å². The summed E-state index contributed by atoms with van der Waals surface area (Å²) < 4.78 is 26.8. The fourth-order valence-corrected chi connectivity index (χ4v) is 5.46. The molecule has 7 heteroatoms. The van der Waals surface area contributed by atoms with Gasteiger partial charge in [0.2, 0.25) is 9.84 Å². The molecular formula is C26H23NO5S. The minimum atomic E-state index is -3.77. The topological polar surface area (TPSA) is 101 Å². The minimum Gasteiger partial charge on any atom is -0.478 e. The quantitative estimate of drug-likeness (QED) is 0.548. The van der Waals surface area contributed by atoms with Crippen molar-refractivity contribution < 1.29 is 23.1 Å². The van der Waals surface area contributed by atoms with Gasteiger partial charge in [0.15, 0.2) is 0 Å². The Morgan fingerprint density at radius 3 is 2.18 bits per heavy atom. The van der Waals surface area contributed by atoms with Crippen LogP contribution in [0.3, 0.4) is 0 Å². The fraction of sp³-hybridized carbons (Fsp3) is 0.154. The molecule has 0 aliphatic heterocycles. The number of nitrogens with one attached hydrogen (secondary N) is 1. The van der Waals surface area contributed by atoms with Crippen LogP contribution in [0.1, 0.15) is 52.1 Å². The molecule has 6 nitrogen and oxygen atoms in total. The molecule has 0 spiro atoms. The second-order valence-corrected chi connectivity index (χ2v) is 10.5. The van der Waals surface area contributed by atoms with Crippen LogP contribution in [0.15, 0.2) is 83.8 Å². The second-order valence-electron chi connectivity index (χ2n) is 8.57. The Balaban J connectivity index is 1.72. The maximum Gasteiger partial charge on any atom is 0.335 e. The van der Waals surface area contributed by atoms with Crippen LogP contribution in [0.2, 0.25) is 0 Å². The number of amides is 1. The van der Waals surface area contributed by atoms with Crippen molar-refractivity contribution in [3.8, 4) is 0 Å². The zero-order chi connectivity index (χ0) is 23.8. The van der Waals surface area contributed by atoms with Gasteiger partial charge in [0, 0.05) is 11.3 Å². The van der Waals surface area contributed by atoms with E-state index in [1.54, 1.807) is 48.5 Å². The maximum absolute atomic E-state index is 13.4. The molecule has 168 valence electrons. The molecule has 2 N–H and O–H groups in total. The number of sulfone groups is 1. The summed E-state index contributed by atoms with van der Waals surface area (Å²) in [5, 5.41) is 11.8. The van der Waals surface area contributed by atoms with Gasteiger partial charge in [-0.05, 0) is 71.5 Å². The molecule has 0 heterocycles. The van der Waals surface area contributed by atoms with Crippen LogP contribution in [-0.2, 0) is 15.3 Å². The molecule has 1 aliphatic carbocycles. The van der Waals surface area contributed by atoms with Crippen molar-refractivity contribution in [3.05, 3.63) is 101 Å². The van der Waals surface area contributed by atoms with E-state index in [1.165, 1.54) is 24.3 Å². The highest BCUT2D eigenvalue weighted by Crippen LogP contribution is 2.42. The van der Waals surface area contributed by atoms with Gasteiger partial charge < -0.3 is 10.4 Å². The molecule has 0 radical (unpaired) electrons.